The van der Waals surface area contributed by atoms with Crippen molar-refractivity contribution in [1.82, 2.24) is 20.3 Å². The Bertz CT molecular complexity index is 1640. The van der Waals surface area contributed by atoms with E-state index in [0.717, 1.165) is 37.7 Å². The predicted molar refractivity (Wildman–Crippen MR) is 182 cm³/mol. The molecule has 3 fully saturated rings. The minimum absolute atomic E-state index is 0.0552. The number of aliphatic hydroxyl groups is 1. The van der Waals surface area contributed by atoms with Crippen molar-refractivity contribution in [2.75, 3.05) is 19.8 Å². The number of phenols is 1. The Hall–Kier alpha value is -3.97. The minimum atomic E-state index is -4.55. The molecular weight excluding hydrogens is 665 g/mol. The van der Waals surface area contributed by atoms with E-state index in [1.54, 1.807) is 0 Å². The molecule has 0 radical (unpaired) electrons. The first kappa shape index (κ1) is 36.8. The van der Waals surface area contributed by atoms with Crippen molar-refractivity contribution in [3.63, 3.8) is 0 Å². The number of ether oxygens (including phenoxy) is 3. The first-order valence-corrected chi connectivity index (χ1v) is 18.0. The van der Waals surface area contributed by atoms with Gasteiger partial charge in [-0.25, -0.2) is 15.0 Å². The van der Waals surface area contributed by atoms with E-state index >= 15 is 0 Å². The number of aryl methyl sites for hydroxylation is 1. The number of benzene rings is 1. The van der Waals surface area contributed by atoms with Crippen molar-refractivity contribution in [3.8, 4) is 17.5 Å². The second kappa shape index (κ2) is 15.7. The van der Waals surface area contributed by atoms with Crippen molar-refractivity contribution in [2.24, 2.45) is 17.3 Å². The van der Waals surface area contributed by atoms with E-state index in [-0.39, 0.29) is 41.5 Å². The number of phenolic OH excluding ortho intramolecular Hbond substituents is 1. The second-order valence-corrected chi connectivity index (χ2v) is 14.3. The van der Waals surface area contributed by atoms with Crippen LogP contribution in [0.3, 0.4) is 0 Å². The molecule has 4 aliphatic rings. The molecule has 10 nitrogen and oxygen atoms in total. The Balaban J connectivity index is 0.000000191. The quantitative estimate of drug-likeness (QED) is 0.235. The molecule has 7 rings (SSSR count). The number of carbonyl (C=O) groups is 1. The van der Waals surface area contributed by atoms with Crippen LogP contribution in [0.15, 0.2) is 48.8 Å². The number of nitrogens with zero attached hydrogens (tertiary/aromatic N) is 3. The van der Waals surface area contributed by atoms with E-state index in [0.29, 0.717) is 43.6 Å². The highest BCUT2D eigenvalue weighted by Gasteiger charge is 2.54. The molecule has 3 heterocycles. The van der Waals surface area contributed by atoms with Crippen LogP contribution in [-0.4, -0.2) is 69.1 Å². The van der Waals surface area contributed by atoms with E-state index in [9.17, 15) is 28.2 Å². The molecule has 1 aliphatic heterocycles. The maximum Gasteiger partial charge on any atom is 0.433 e. The first-order valence-electron chi connectivity index (χ1n) is 18.0. The molecule has 7 atom stereocenters. The number of nitrogens with one attached hydrogen (secondary N) is 1. The van der Waals surface area contributed by atoms with Gasteiger partial charge >= 0.3 is 6.18 Å². The minimum Gasteiger partial charge on any atom is -0.508 e. The van der Waals surface area contributed by atoms with Crippen LogP contribution in [0.5, 0.6) is 17.5 Å². The number of pyridine rings is 1. The SMILES string of the molecule is CC12CCC3c4ccc(O)cc4CCC3C1CCC2O.CCCNC(=O)c1cnc(OC[C@H]2OCCCC2Oc2cccc(C(F)(F)F)n2)cn1. The molecule has 0 spiro atoms. The normalized spacial score (nSPS) is 28.3. The Morgan fingerprint density at radius 2 is 1.92 bits per heavy atom. The number of hydrogen-bond donors (Lipinski definition) is 3. The molecule has 1 amide bonds. The topological polar surface area (TPSA) is 136 Å². The molecule has 3 aromatic rings. The summed E-state index contributed by atoms with van der Waals surface area (Å²) >= 11 is 0. The summed E-state index contributed by atoms with van der Waals surface area (Å²) in [5, 5.41) is 22.7. The molecule has 3 aliphatic carbocycles. The van der Waals surface area contributed by atoms with Crippen molar-refractivity contribution in [3.05, 3.63) is 71.3 Å². The highest BCUT2D eigenvalue weighted by molar-refractivity contribution is 5.91. The van der Waals surface area contributed by atoms with Gasteiger partial charge in [-0.3, -0.25) is 4.79 Å². The number of alkyl halides is 3. The van der Waals surface area contributed by atoms with E-state index in [1.807, 2.05) is 19.1 Å². The van der Waals surface area contributed by atoms with Gasteiger partial charge in [-0.1, -0.05) is 26.0 Å². The molecule has 2 aromatic heterocycles. The number of amides is 1. The van der Waals surface area contributed by atoms with Gasteiger partial charge in [0.1, 0.15) is 36.0 Å². The van der Waals surface area contributed by atoms with Gasteiger partial charge < -0.3 is 29.7 Å². The number of carbonyl (C=O) groups excluding carboxylic acids is 1. The van der Waals surface area contributed by atoms with Crippen LogP contribution in [0.1, 0.15) is 98.4 Å². The number of aromatic nitrogens is 3. The van der Waals surface area contributed by atoms with E-state index in [2.05, 4.69) is 33.3 Å². The summed E-state index contributed by atoms with van der Waals surface area (Å²) in [4.78, 5) is 23.5. The lowest BCUT2D eigenvalue weighted by Gasteiger charge is -2.50. The molecule has 13 heteroatoms. The van der Waals surface area contributed by atoms with Gasteiger partial charge in [0.2, 0.25) is 11.8 Å². The van der Waals surface area contributed by atoms with Gasteiger partial charge in [-0.05, 0) is 110 Å². The lowest BCUT2D eigenvalue weighted by Crippen LogP contribution is -2.43. The number of aliphatic hydroxyl groups excluding tert-OH is 1. The average molecular weight is 713 g/mol. The zero-order chi connectivity index (χ0) is 36.2. The van der Waals surface area contributed by atoms with Crippen LogP contribution in [0.2, 0.25) is 0 Å². The molecular formula is C38H47F3N4O6. The summed E-state index contributed by atoms with van der Waals surface area (Å²) in [6.07, 6.45) is 5.88. The van der Waals surface area contributed by atoms with Crippen LogP contribution >= 0.6 is 0 Å². The summed E-state index contributed by atoms with van der Waals surface area (Å²) in [6, 6.07) is 9.45. The van der Waals surface area contributed by atoms with Gasteiger partial charge in [0.05, 0.1) is 18.5 Å². The lowest BCUT2D eigenvalue weighted by atomic mass is 9.55. The van der Waals surface area contributed by atoms with Crippen molar-refractivity contribution >= 4 is 5.91 Å². The summed E-state index contributed by atoms with van der Waals surface area (Å²) in [5.41, 5.74) is 2.14. The van der Waals surface area contributed by atoms with E-state index in [4.69, 9.17) is 14.2 Å². The van der Waals surface area contributed by atoms with Gasteiger partial charge in [-0.2, -0.15) is 13.2 Å². The Kier molecular flexibility index (Phi) is 11.4. The molecule has 3 N–H and O–H groups in total. The predicted octanol–water partition coefficient (Wildman–Crippen LogP) is 6.64. The third-order valence-corrected chi connectivity index (χ3v) is 11.1. The van der Waals surface area contributed by atoms with E-state index in [1.165, 1.54) is 54.9 Å². The standard InChI is InChI=1S/C20H23F3N4O4.C18H24O2/c1-2-8-24-19(28)13-10-26-18(11-25-13)30-12-15-14(5-4-9-29-15)31-17-7-3-6-16(27-17)20(21,22)23;1-18-9-8-14-13-5-3-12(19)10-11(13)2-4-15(14)16(18)6-7-17(18)20/h3,6-7,10-11,14-15H,2,4-5,8-9,12H2,1H3,(H,24,28);3,5,10,14-17,19-20H,2,4,6-9H2,1H3/t14?,15-;/m1./s1. The fourth-order valence-corrected chi connectivity index (χ4v) is 8.44. The van der Waals surface area contributed by atoms with Crippen LogP contribution in [0.25, 0.3) is 0 Å². The molecule has 276 valence electrons. The summed E-state index contributed by atoms with van der Waals surface area (Å²) in [7, 11) is 0. The molecule has 0 bridgehead atoms. The van der Waals surface area contributed by atoms with Gasteiger partial charge in [-0.15, -0.1) is 0 Å². The van der Waals surface area contributed by atoms with Crippen molar-refractivity contribution in [2.45, 2.75) is 102 Å². The third kappa shape index (κ3) is 8.41. The van der Waals surface area contributed by atoms with Crippen molar-refractivity contribution in [1.29, 1.82) is 0 Å². The maximum absolute atomic E-state index is 12.9. The second-order valence-electron chi connectivity index (χ2n) is 14.3. The Labute approximate surface area is 296 Å². The zero-order valence-electron chi connectivity index (χ0n) is 29.1. The van der Waals surface area contributed by atoms with E-state index < -0.39 is 24.1 Å². The average Bonchev–Trinajstić information content (AvgIpc) is 3.44. The number of fused-ring (bicyclic) bond motifs is 5. The molecule has 51 heavy (non-hydrogen) atoms. The molecule has 6 unspecified atom stereocenters. The Morgan fingerprint density at radius 3 is 2.69 bits per heavy atom. The molecule has 1 aromatic carbocycles. The Morgan fingerprint density at radius 1 is 1.08 bits per heavy atom. The summed E-state index contributed by atoms with van der Waals surface area (Å²) < 4.78 is 55.6. The van der Waals surface area contributed by atoms with Crippen LogP contribution in [0, 0.1) is 17.3 Å². The number of rotatable bonds is 8. The molecule has 2 saturated carbocycles. The monoisotopic (exact) mass is 712 g/mol. The van der Waals surface area contributed by atoms with Crippen molar-refractivity contribution < 1.29 is 42.4 Å². The fraction of sp³-hybridized carbons (Fsp3) is 0.579. The van der Waals surface area contributed by atoms with Crippen LogP contribution < -0.4 is 14.8 Å². The smallest absolute Gasteiger partial charge is 0.433 e. The lowest BCUT2D eigenvalue weighted by molar-refractivity contribution is -0.141. The maximum atomic E-state index is 12.9. The first-order chi connectivity index (χ1) is 24.5. The van der Waals surface area contributed by atoms with Crippen LogP contribution in [0.4, 0.5) is 13.2 Å². The number of hydrogen-bond acceptors (Lipinski definition) is 9. The van der Waals surface area contributed by atoms with Gasteiger partial charge in [0, 0.05) is 19.2 Å². The fourth-order valence-electron chi connectivity index (χ4n) is 8.44. The zero-order valence-corrected chi connectivity index (χ0v) is 29.1. The highest BCUT2D eigenvalue weighted by atomic mass is 19.4. The third-order valence-electron chi connectivity index (χ3n) is 11.1. The highest BCUT2D eigenvalue weighted by Crippen LogP contribution is 2.60. The van der Waals surface area contributed by atoms with Crippen LogP contribution in [-0.2, 0) is 17.3 Å². The van der Waals surface area contributed by atoms with Gasteiger partial charge in [0.25, 0.3) is 5.91 Å². The largest absolute Gasteiger partial charge is 0.508 e. The summed E-state index contributed by atoms with van der Waals surface area (Å²) in [6.45, 7) is 5.33. The number of aromatic hydroxyl groups is 1. The molecule has 1 saturated heterocycles. The summed E-state index contributed by atoms with van der Waals surface area (Å²) in [5.74, 6) is 2.23. The van der Waals surface area contributed by atoms with Gasteiger partial charge in [0.15, 0.2) is 0 Å². The number of halogens is 3.